The molecule has 1 N–H and O–H groups in total. The van der Waals surface area contributed by atoms with Crippen LogP contribution in [0.2, 0.25) is 0 Å². The Labute approximate surface area is 296 Å². The van der Waals surface area contributed by atoms with E-state index >= 15 is 0 Å². The van der Waals surface area contributed by atoms with Crippen LogP contribution in [0.5, 0.6) is 0 Å². The lowest BCUT2D eigenvalue weighted by molar-refractivity contribution is 1.34. The summed E-state index contributed by atoms with van der Waals surface area (Å²) in [5.74, 6) is 0. The van der Waals surface area contributed by atoms with Gasteiger partial charge in [0.25, 0.3) is 0 Å². The van der Waals surface area contributed by atoms with Crippen molar-refractivity contribution in [2.45, 2.75) is 0 Å². The van der Waals surface area contributed by atoms with Crippen molar-refractivity contribution in [2.75, 3.05) is 4.90 Å². The number of anilines is 1. The van der Waals surface area contributed by atoms with E-state index in [0.717, 1.165) is 39.1 Å². The summed E-state index contributed by atoms with van der Waals surface area (Å²) in [6.07, 6.45) is 13.2. The van der Waals surface area contributed by atoms with E-state index in [1.54, 1.807) is 18.6 Å². The van der Waals surface area contributed by atoms with E-state index in [0.29, 0.717) is 5.71 Å². The fourth-order valence-corrected chi connectivity index (χ4v) is 7.66. The normalized spacial score (nSPS) is 14.2. The third-order valence-electron chi connectivity index (χ3n) is 9.01. The highest BCUT2D eigenvalue weighted by molar-refractivity contribution is 7.26. The standard InChI is InChI=1S/C46H33N3S/c1-32-11-7-8-28-49(44-30-38(24-25-39(32)44)40-17-10-18-42-41-16-5-6-19-45(41)50-46(40)42)31-48-27-26-43(47)35-22-20-34(21-23-35)37-15-9-14-36(29-37)33-12-3-2-4-13-33/h2-31,47H,1H2/b11-7-,27-26-,28-8-,47-43?,48-31+. The number of allylic oxidation sites excluding steroid dienone is 5. The number of hydrogen-bond donors (Lipinski definition) is 1. The van der Waals surface area contributed by atoms with E-state index in [9.17, 15) is 0 Å². The third-order valence-corrected chi connectivity index (χ3v) is 10.2. The van der Waals surface area contributed by atoms with Gasteiger partial charge in [-0.05, 0) is 74.9 Å². The Hall–Kier alpha value is -6.36. The molecule has 3 nitrogen and oxygen atoms in total. The highest BCUT2D eigenvalue weighted by atomic mass is 32.1. The van der Waals surface area contributed by atoms with Crippen LogP contribution in [0.25, 0.3) is 59.1 Å². The van der Waals surface area contributed by atoms with Gasteiger partial charge in [0.1, 0.15) is 0 Å². The number of thiophene rings is 1. The molecule has 1 aliphatic rings. The molecule has 7 aromatic rings. The molecule has 0 aliphatic carbocycles. The molecule has 0 bridgehead atoms. The van der Waals surface area contributed by atoms with E-state index in [1.807, 2.05) is 58.9 Å². The molecular formula is C46H33N3S. The van der Waals surface area contributed by atoms with Gasteiger partial charge in [-0.3, -0.25) is 0 Å². The minimum atomic E-state index is 0.394. The van der Waals surface area contributed by atoms with E-state index in [1.165, 1.54) is 36.9 Å². The minimum Gasteiger partial charge on any atom is -0.307 e. The second kappa shape index (κ2) is 13.6. The Morgan fingerprint density at radius 3 is 2.18 bits per heavy atom. The summed E-state index contributed by atoms with van der Waals surface area (Å²) >= 11 is 1.83. The Morgan fingerprint density at radius 1 is 0.640 bits per heavy atom. The highest BCUT2D eigenvalue weighted by Crippen LogP contribution is 2.41. The number of nitrogens with one attached hydrogen (secondary N) is 1. The third kappa shape index (κ3) is 6.16. The zero-order chi connectivity index (χ0) is 33.9. The molecule has 8 rings (SSSR count). The monoisotopic (exact) mass is 659 g/mol. The molecule has 50 heavy (non-hydrogen) atoms. The van der Waals surface area contributed by atoms with E-state index in [4.69, 9.17) is 5.41 Å². The first-order valence-corrected chi connectivity index (χ1v) is 17.4. The maximum atomic E-state index is 8.70. The number of fused-ring (bicyclic) bond motifs is 4. The lowest BCUT2D eigenvalue weighted by atomic mass is 9.96. The predicted octanol–water partition coefficient (Wildman–Crippen LogP) is 12.6. The fraction of sp³-hybridized carbons (Fsp3) is 0. The smallest absolute Gasteiger partial charge is 0.0990 e. The van der Waals surface area contributed by atoms with Gasteiger partial charge in [-0.15, -0.1) is 11.3 Å². The summed E-state index contributed by atoms with van der Waals surface area (Å²) in [6.45, 7) is 4.34. The lowest BCUT2D eigenvalue weighted by Gasteiger charge is -2.21. The summed E-state index contributed by atoms with van der Waals surface area (Å²) < 4.78 is 2.57. The Bertz CT molecular complexity index is 2510. The second-order valence-electron chi connectivity index (χ2n) is 12.2. The van der Waals surface area contributed by atoms with Gasteiger partial charge >= 0.3 is 0 Å². The van der Waals surface area contributed by atoms with Crippen LogP contribution in [0, 0.1) is 5.41 Å². The van der Waals surface area contributed by atoms with Gasteiger partial charge in [0, 0.05) is 38.1 Å². The first-order chi connectivity index (χ1) is 24.6. The van der Waals surface area contributed by atoms with Gasteiger partial charge < -0.3 is 10.3 Å². The summed E-state index contributed by atoms with van der Waals surface area (Å²) in [4.78, 5) is 6.64. The maximum Gasteiger partial charge on any atom is 0.0990 e. The van der Waals surface area contributed by atoms with Crippen LogP contribution in [0.4, 0.5) is 5.69 Å². The molecule has 2 heterocycles. The molecule has 6 aromatic carbocycles. The van der Waals surface area contributed by atoms with Gasteiger partial charge in [-0.1, -0.05) is 140 Å². The van der Waals surface area contributed by atoms with Crippen molar-refractivity contribution in [1.29, 1.82) is 5.41 Å². The molecule has 1 aromatic heterocycles. The van der Waals surface area contributed by atoms with Crippen molar-refractivity contribution in [2.24, 2.45) is 4.99 Å². The van der Waals surface area contributed by atoms with Crippen LogP contribution in [-0.2, 0) is 0 Å². The molecule has 4 heteroatoms. The maximum absolute atomic E-state index is 8.70. The molecule has 0 spiro atoms. The Morgan fingerprint density at radius 2 is 1.34 bits per heavy atom. The van der Waals surface area contributed by atoms with Crippen LogP contribution >= 0.6 is 11.3 Å². The number of aliphatic imine (C=N–C) groups is 1. The Kier molecular flexibility index (Phi) is 8.44. The predicted molar refractivity (Wildman–Crippen MR) is 216 cm³/mol. The average molecular weight is 660 g/mol. The molecule has 0 saturated heterocycles. The van der Waals surface area contributed by atoms with Gasteiger partial charge in [-0.25, -0.2) is 4.99 Å². The Balaban J connectivity index is 1.03. The topological polar surface area (TPSA) is 39.5 Å². The zero-order valence-electron chi connectivity index (χ0n) is 27.3. The average Bonchev–Trinajstić information content (AvgIpc) is 3.56. The number of hydrogen-bond acceptors (Lipinski definition) is 3. The molecule has 0 amide bonds. The van der Waals surface area contributed by atoms with Crippen LogP contribution in [0.1, 0.15) is 11.1 Å². The first-order valence-electron chi connectivity index (χ1n) is 16.5. The SMILES string of the molecule is C=C1/C=C\C=C/N(/C=N/C=C\C(=N)c2ccc(-c3cccc(-c4ccccc4)c3)cc2)c2cc(-c3cccc4c3sc3ccccc34)ccc21. The van der Waals surface area contributed by atoms with Crippen molar-refractivity contribution in [1.82, 2.24) is 0 Å². The largest absolute Gasteiger partial charge is 0.307 e. The molecule has 238 valence electrons. The molecule has 1 aliphatic heterocycles. The second-order valence-corrected chi connectivity index (χ2v) is 13.2. The van der Waals surface area contributed by atoms with Crippen LogP contribution < -0.4 is 4.90 Å². The van der Waals surface area contributed by atoms with Crippen LogP contribution in [0.15, 0.2) is 188 Å². The minimum absolute atomic E-state index is 0.394. The zero-order valence-corrected chi connectivity index (χ0v) is 28.1. The molecule has 0 atom stereocenters. The lowest BCUT2D eigenvalue weighted by Crippen LogP contribution is -2.15. The summed E-state index contributed by atoms with van der Waals surface area (Å²) in [5, 5.41) is 11.3. The summed E-state index contributed by atoms with van der Waals surface area (Å²) in [6, 6.07) is 48.8. The van der Waals surface area contributed by atoms with Crippen molar-refractivity contribution in [3.05, 3.63) is 194 Å². The number of rotatable bonds is 7. The molecule has 0 saturated carbocycles. The molecular weight excluding hydrogens is 627 g/mol. The van der Waals surface area contributed by atoms with Crippen molar-refractivity contribution in [3.8, 4) is 33.4 Å². The fourth-order valence-electron chi connectivity index (χ4n) is 6.42. The van der Waals surface area contributed by atoms with E-state index in [-0.39, 0.29) is 0 Å². The quantitative estimate of drug-likeness (QED) is 0.134. The van der Waals surface area contributed by atoms with Gasteiger partial charge in [0.2, 0.25) is 0 Å². The van der Waals surface area contributed by atoms with Gasteiger partial charge in [-0.2, -0.15) is 0 Å². The van der Waals surface area contributed by atoms with E-state index in [2.05, 4.69) is 133 Å². The first kappa shape index (κ1) is 30.9. The van der Waals surface area contributed by atoms with Crippen molar-refractivity contribution >= 4 is 54.8 Å². The summed E-state index contributed by atoms with van der Waals surface area (Å²) in [5.41, 5.74) is 11.2. The number of nitrogens with zero attached hydrogens (tertiary/aromatic N) is 2. The summed E-state index contributed by atoms with van der Waals surface area (Å²) in [7, 11) is 0. The van der Waals surface area contributed by atoms with Crippen molar-refractivity contribution in [3.63, 3.8) is 0 Å². The number of benzene rings is 6. The van der Waals surface area contributed by atoms with Crippen LogP contribution in [-0.4, -0.2) is 12.1 Å². The van der Waals surface area contributed by atoms with Gasteiger partial charge in [0.05, 0.1) is 17.7 Å². The molecule has 0 unspecified atom stereocenters. The van der Waals surface area contributed by atoms with Crippen molar-refractivity contribution < 1.29 is 0 Å². The molecule has 0 fully saturated rings. The van der Waals surface area contributed by atoms with E-state index < -0.39 is 0 Å². The molecule has 0 radical (unpaired) electrons. The van der Waals surface area contributed by atoms with Gasteiger partial charge in [0.15, 0.2) is 0 Å². The van der Waals surface area contributed by atoms with Crippen LogP contribution in [0.3, 0.4) is 0 Å². The highest BCUT2D eigenvalue weighted by Gasteiger charge is 2.15.